The lowest BCUT2D eigenvalue weighted by Crippen LogP contribution is -2.41. The summed E-state index contributed by atoms with van der Waals surface area (Å²) in [5.74, 6) is 0.0687. The van der Waals surface area contributed by atoms with Gasteiger partial charge in [-0.05, 0) is 27.2 Å². The van der Waals surface area contributed by atoms with Crippen molar-refractivity contribution >= 4 is 23.1 Å². The van der Waals surface area contributed by atoms with E-state index in [1.54, 1.807) is 11.0 Å². The number of hydrogen-bond donors (Lipinski definition) is 2. The summed E-state index contributed by atoms with van der Waals surface area (Å²) in [6.07, 6.45) is 2.26. The SMILES string of the molecule is CCC1(C)N=C(C(N)=O)c2ncn(N=C(C)C)c2N1. The molecule has 0 aliphatic carbocycles. The third-order valence-electron chi connectivity index (χ3n) is 2.95. The molecular formula is C12H18N6O. The van der Waals surface area contributed by atoms with Crippen LogP contribution < -0.4 is 11.1 Å². The van der Waals surface area contributed by atoms with E-state index in [-0.39, 0.29) is 5.71 Å². The highest BCUT2D eigenvalue weighted by Crippen LogP contribution is 2.29. The van der Waals surface area contributed by atoms with Crippen LogP contribution in [0.3, 0.4) is 0 Å². The molecule has 2 heterocycles. The molecule has 19 heavy (non-hydrogen) atoms. The Labute approximate surface area is 111 Å². The van der Waals surface area contributed by atoms with Gasteiger partial charge in [0.1, 0.15) is 17.7 Å². The molecule has 3 N–H and O–H groups in total. The van der Waals surface area contributed by atoms with Crippen LogP contribution in [0.2, 0.25) is 0 Å². The molecule has 1 aromatic heterocycles. The average Bonchev–Trinajstić information content (AvgIpc) is 2.70. The van der Waals surface area contributed by atoms with Gasteiger partial charge >= 0.3 is 0 Å². The largest absolute Gasteiger partial charge is 0.364 e. The zero-order chi connectivity index (χ0) is 14.2. The second-order valence-electron chi connectivity index (χ2n) is 4.91. The summed E-state index contributed by atoms with van der Waals surface area (Å²) in [5, 5.41) is 7.59. The maximum Gasteiger partial charge on any atom is 0.269 e. The van der Waals surface area contributed by atoms with Crippen molar-refractivity contribution in [1.82, 2.24) is 9.66 Å². The number of nitrogens with zero attached hydrogens (tertiary/aromatic N) is 4. The van der Waals surface area contributed by atoms with Gasteiger partial charge < -0.3 is 11.1 Å². The minimum Gasteiger partial charge on any atom is -0.364 e. The standard InChI is InChI=1S/C12H18N6O/c1-5-12(4)15-8(10(13)19)9-11(16-12)18(6-14-9)17-7(2)3/h6,16H,5H2,1-4H3,(H2,13,19). The predicted octanol–water partition coefficient (Wildman–Crippen LogP) is 0.953. The van der Waals surface area contributed by atoms with Crippen LogP contribution in [-0.2, 0) is 4.79 Å². The normalized spacial score (nSPS) is 21.2. The van der Waals surface area contributed by atoms with Crippen molar-refractivity contribution in [3.8, 4) is 0 Å². The molecule has 0 saturated heterocycles. The average molecular weight is 262 g/mol. The van der Waals surface area contributed by atoms with Gasteiger partial charge in [0, 0.05) is 5.71 Å². The summed E-state index contributed by atoms with van der Waals surface area (Å²) in [7, 11) is 0. The van der Waals surface area contributed by atoms with E-state index < -0.39 is 11.6 Å². The van der Waals surface area contributed by atoms with E-state index in [1.807, 2.05) is 27.7 Å². The molecule has 0 aromatic carbocycles. The lowest BCUT2D eigenvalue weighted by molar-refractivity contribution is -0.112. The number of anilines is 1. The molecule has 0 fully saturated rings. The van der Waals surface area contributed by atoms with Crippen molar-refractivity contribution in [3.63, 3.8) is 0 Å². The molecule has 1 atom stereocenters. The first-order chi connectivity index (χ1) is 8.86. The fourth-order valence-electron chi connectivity index (χ4n) is 1.84. The molecule has 1 amide bonds. The lowest BCUT2D eigenvalue weighted by atomic mass is 10.1. The maximum atomic E-state index is 11.5. The fraction of sp³-hybridized carbons (Fsp3) is 0.500. The number of rotatable bonds is 3. The fourth-order valence-corrected chi connectivity index (χ4v) is 1.84. The first-order valence-corrected chi connectivity index (χ1v) is 6.14. The van der Waals surface area contributed by atoms with E-state index in [9.17, 15) is 4.79 Å². The van der Waals surface area contributed by atoms with Gasteiger partial charge in [-0.15, -0.1) is 0 Å². The van der Waals surface area contributed by atoms with Gasteiger partial charge in [0.25, 0.3) is 5.91 Å². The van der Waals surface area contributed by atoms with Crippen molar-refractivity contribution in [2.45, 2.75) is 39.8 Å². The number of nitrogens with one attached hydrogen (secondary N) is 1. The summed E-state index contributed by atoms with van der Waals surface area (Å²) >= 11 is 0. The highest BCUT2D eigenvalue weighted by Gasteiger charge is 2.34. The molecule has 1 aliphatic heterocycles. The van der Waals surface area contributed by atoms with Gasteiger partial charge in [-0.25, -0.2) is 14.7 Å². The van der Waals surface area contributed by atoms with Crippen molar-refractivity contribution in [2.75, 3.05) is 5.32 Å². The van der Waals surface area contributed by atoms with E-state index >= 15 is 0 Å². The Kier molecular flexibility index (Phi) is 3.13. The van der Waals surface area contributed by atoms with Crippen LogP contribution in [0.25, 0.3) is 0 Å². The number of aromatic nitrogens is 2. The molecule has 1 unspecified atom stereocenters. The van der Waals surface area contributed by atoms with Gasteiger partial charge in [0.05, 0.1) is 0 Å². The summed E-state index contributed by atoms with van der Waals surface area (Å²) in [5.41, 5.74) is 6.33. The lowest BCUT2D eigenvalue weighted by Gasteiger charge is -2.30. The van der Waals surface area contributed by atoms with Crippen LogP contribution in [0, 0.1) is 0 Å². The molecule has 0 spiro atoms. The molecule has 2 rings (SSSR count). The minimum absolute atomic E-state index is 0.195. The Morgan fingerprint density at radius 1 is 1.58 bits per heavy atom. The predicted molar refractivity (Wildman–Crippen MR) is 74.5 cm³/mol. The molecule has 7 heteroatoms. The summed E-state index contributed by atoms with van der Waals surface area (Å²) in [4.78, 5) is 20.1. The van der Waals surface area contributed by atoms with Crippen molar-refractivity contribution in [3.05, 3.63) is 12.0 Å². The molecule has 0 bridgehead atoms. The second-order valence-corrected chi connectivity index (χ2v) is 4.91. The Balaban J connectivity index is 2.59. The number of carbonyl (C=O) groups is 1. The number of carbonyl (C=O) groups excluding carboxylic acids is 1. The highest BCUT2D eigenvalue weighted by atomic mass is 16.1. The number of aliphatic imine (C=N–C) groups is 1. The van der Waals surface area contributed by atoms with Gasteiger partial charge in [-0.1, -0.05) is 6.92 Å². The zero-order valence-corrected chi connectivity index (χ0v) is 11.6. The van der Waals surface area contributed by atoms with Crippen LogP contribution in [0.5, 0.6) is 0 Å². The van der Waals surface area contributed by atoms with Gasteiger partial charge in [-0.2, -0.15) is 5.10 Å². The third-order valence-corrected chi connectivity index (χ3v) is 2.95. The van der Waals surface area contributed by atoms with Crippen LogP contribution >= 0.6 is 0 Å². The number of imidazole rings is 1. The number of hydrogen-bond acceptors (Lipinski definition) is 5. The molecule has 0 radical (unpaired) electrons. The van der Waals surface area contributed by atoms with Crippen LogP contribution in [0.1, 0.15) is 39.8 Å². The topological polar surface area (TPSA) is 97.7 Å². The number of nitrogens with two attached hydrogens (primary N) is 1. The van der Waals surface area contributed by atoms with E-state index in [1.165, 1.54) is 0 Å². The Morgan fingerprint density at radius 2 is 2.26 bits per heavy atom. The van der Waals surface area contributed by atoms with Gasteiger partial charge in [-0.3, -0.25) is 4.79 Å². The van der Waals surface area contributed by atoms with E-state index in [4.69, 9.17) is 5.73 Å². The molecule has 102 valence electrons. The van der Waals surface area contributed by atoms with E-state index in [2.05, 4.69) is 20.4 Å². The second kappa shape index (κ2) is 4.49. The zero-order valence-electron chi connectivity index (χ0n) is 11.6. The maximum absolute atomic E-state index is 11.5. The van der Waals surface area contributed by atoms with Crippen LogP contribution in [0.4, 0.5) is 5.82 Å². The van der Waals surface area contributed by atoms with Crippen molar-refractivity contribution in [2.24, 2.45) is 15.8 Å². The van der Waals surface area contributed by atoms with Crippen LogP contribution in [0.15, 0.2) is 16.4 Å². The minimum atomic E-state index is -0.579. The Hall–Kier alpha value is -2.18. The monoisotopic (exact) mass is 262 g/mol. The smallest absolute Gasteiger partial charge is 0.269 e. The summed E-state index contributed by atoms with van der Waals surface area (Å²) in [6, 6.07) is 0. The first-order valence-electron chi connectivity index (χ1n) is 6.14. The number of fused-ring (bicyclic) bond motifs is 1. The van der Waals surface area contributed by atoms with E-state index in [0.29, 0.717) is 17.9 Å². The summed E-state index contributed by atoms with van der Waals surface area (Å²) < 4.78 is 1.61. The molecular weight excluding hydrogens is 244 g/mol. The van der Waals surface area contributed by atoms with Crippen molar-refractivity contribution < 1.29 is 4.79 Å². The quantitative estimate of drug-likeness (QED) is 0.793. The summed E-state index contributed by atoms with van der Waals surface area (Å²) in [6.45, 7) is 7.66. The molecule has 1 aromatic rings. The number of amides is 1. The van der Waals surface area contributed by atoms with Crippen LogP contribution in [-0.4, -0.2) is 32.7 Å². The first kappa shape index (κ1) is 13.3. The molecule has 1 aliphatic rings. The molecule has 0 saturated carbocycles. The van der Waals surface area contributed by atoms with Crippen molar-refractivity contribution in [1.29, 1.82) is 0 Å². The van der Waals surface area contributed by atoms with Gasteiger partial charge in [0.2, 0.25) is 0 Å². The number of primary amides is 1. The third kappa shape index (κ3) is 2.35. The molecule has 7 nitrogen and oxygen atoms in total. The van der Waals surface area contributed by atoms with E-state index in [0.717, 1.165) is 5.71 Å². The Morgan fingerprint density at radius 3 is 2.79 bits per heavy atom. The highest BCUT2D eigenvalue weighted by molar-refractivity contribution is 6.45. The Bertz CT molecular complexity index is 581. The van der Waals surface area contributed by atoms with Gasteiger partial charge in [0.15, 0.2) is 11.5 Å².